The topological polar surface area (TPSA) is 90.0 Å². The fourth-order valence-electron chi connectivity index (χ4n) is 1.79. The number of nitrogen functional groups attached to an aromatic ring is 1. The first kappa shape index (κ1) is 15.0. The summed E-state index contributed by atoms with van der Waals surface area (Å²) < 4.78 is 28.4. The van der Waals surface area contributed by atoms with Gasteiger partial charge in [0, 0.05) is 18.8 Å². The lowest BCUT2D eigenvalue weighted by molar-refractivity contribution is 0.543. The van der Waals surface area contributed by atoms with Crippen molar-refractivity contribution >= 4 is 15.8 Å². The summed E-state index contributed by atoms with van der Waals surface area (Å²) in [5.41, 5.74) is 5.66. The number of rotatable bonds is 7. The first-order valence-corrected chi connectivity index (χ1v) is 7.74. The number of aryl methyl sites for hydroxylation is 1. The van der Waals surface area contributed by atoms with E-state index in [0.29, 0.717) is 6.54 Å². The minimum absolute atomic E-state index is 0.0552. The number of nitrogens with two attached hydrogens (primary N) is 1. The molecule has 104 valence electrons. The molecule has 0 aliphatic heterocycles. The molecular formula is C11H22N4O2S. The zero-order valence-corrected chi connectivity index (χ0v) is 12.0. The van der Waals surface area contributed by atoms with Gasteiger partial charge in [0.25, 0.3) is 0 Å². The summed E-state index contributed by atoms with van der Waals surface area (Å²) in [5.74, 6) is 0.0552. The van der Waals surface area contributed by atoms with Crippen molar-refractivity contribution in [3.8, 4) is 0 Å². The van der Waals surface area contributed by atoms with Crippen LogP contribution in [-0.2, 0) is 16.6 Å². The Morgan fingerprint density at radius 1 is 1.44 bits per heavy atom. The van der Waals surface area contributed by atoms with Crippen LogP contribution in [0.3, 0.4) is 0 Å². The van der Waals surface area contributed by atoms with Crippen LogP contribution in [0, 0.1) is 0 Å². The van der Waals surface area contributed by atoms with Crippen LogP contribution in [-0.4, -0.2) is 24.2 Å². The zero-order valence-electron chi connectivity index (χ0n) is 11.2. The third-order valence-corrected chi connectivity index (χ3v) is 4.18. The Morgan fingerprint density at radius 2 is 2.11 bits per heavy atom. The zero-order chi connectivity index (χ0) is 13.8. The molecule has 0 radical (unpaired) electrons. The summed E-state index contributed by atoms with van der Waals surface area (Å²) in [6, 6.07) is -0.103. The number of hydrogen-bond donors (Lipinski definition) is 2. The van der Waals surface area contributed by atoms with Crippen molar-refractivity contribution in [3.05, 3.63) is 6.20 Å². The van der Waals surface area contributed by atoms with Crippen molar-refractivity contribution in [2.45, 2.75) is 57.5 Å². The van der Waals surface area contributed by atoms with Crippen molar-refractivity contribution in [1.29, 1.82) is 0 Å². The van der Waals surface area contributed by atoms with Crippen LogP contribution in [0.5, 0.6) is 0 Å². The molecule has 0 aromatic carbocycles. The smallest absolute Gasteiger partial charge is 0.246 e. The summed E-state index contributed by atoms with van der Waals surface area (Å²) in [6.07, 6.45) is 4.08. The monoisotopic (exact) mass is 274 g/mol. The highest BCUT2D eigenvalue weighted by atomic mass is 32.2. The number of anilines is 1. The molecule has 1 rings (SSSR count). The number of nitrogens with one attached hydrogen (secondary N) is 1. The van der Waals surface area contributed by atoms with Crippen molar-refractivity contribution in [2.75, 3.05) is 5.73 Å². The SMILES string of the molecule is CCCC(C)NS(=O)(=O)c1cn(CCC)nc1N. The first-order chi connectivity index (χ1) is 8.40. The number of nitrogens with zero attached hydrogens (tertiary/aromatic N) is 2. The maximum Gasteiger partial charge on any atom is 0.246 e. The molecular weight excluding hydrogens is 252 g/mol. The van der Waals surface area contributed by atoms with E-state index in [0.717, 1.165) is 19.3 Å². The van der Waals surface area contributed by atoms with Crippen LogP contribution in [0.15, 0.2) is 11.1 Å². The highest BCUT2D eigenvalue weighted by Gasteiger charge is 2.22. The maximum absolute atomic E-state index is 12.1. The van der Waals surface area contributed by atoms with E-state index in [1.807, 2.05) is 20.8 Å². The van der Waals surface area contributed by atoms with Crippen LogP contribution in [0.25, 0.3) is 0 Å². The highest BCUT2D eigenvalue weighted by Crippen LogP contribution is 2.17. The standard InChI is InChI=1S/C11H22N4O2S/c1-4-6-9(3)14-18(16,17)10-8-15(7-5-2)13-11(10)12/h8-9,14H,4-7H2,1-3H3,(H2,12,13). The van der Waals surface area contributed by atoms with Crippen LogP contribution in [0.2, 0.25) is 0 Å². The van der Waals surface area contributed by atoms with Gasteiger partial charge in [-0.2, -0.15) is 5.10 Å². The average molecular weight is 274 g/mol. The third kappa shape index (κ3) is 3.71. The summed E-state index contributed by atoms with van der Waals surface area (Å²) in [4.78, 5) is 0.0684. The fraction of sp³-hybridized carbons (Fsp3) is 0.727. The van der Waals surface area contributed by atoms with E-state index in [9.17, 15) is 8.42 Å². The van der Waals surface area contributed by atoms with Gasteiger partial charge in [-0.05, 0) is 19.8 Å². The molecule has 1 aromatic rings. The molecule has 1 aromatic heterocycles. The molecule has 3 N–H and O–H groups in total. The molecule has 0 saturated carbocycles. The minimum Gasteiger partial charge on any atom is -0.381 e. The number of sulfonamides is 1. The molecule has 18 heavy (non-hydrogen) atoms. The van der Waals surface area contributed by atoms with E-state index in [4.69, 9.17) is 5.73 Å². The van der Waals surface area contributed by atoms with Crippen molar-refractivity contribution in [1.82, 2.24) is 14.5 Å². The first-order valence-electron chi connectivity index (χ1n) is 6.26. The third-order valence-electron chi connectivity index (χ3n) is 2.58. The highest BCUT2D eigenvalue weighted by molar-refractivity contribution is 7.89. The van der Waals surface area contributed by atoms with Gasteiger partial charge in [-0.1, -0.05) is 20.3 Å². The number of aromatic nitrogens is 2. The van der Waals surface area contributed by atoms with Gasteiger partial charge in [0.05, 0.1) is 0 Å². The summed E-state index contributed by atoms with van der Waals surface area (Å²) in [6.45, 7) is 6.50. The summed E-state index contributed by atoms with van der Waals surface area (Å²) >= 11 is 0. The van der Waals surface area contributed by atoms with Crippen LogP contribution in [0.1, 0.15) is 40.0 Å². The predicted octanol–water partition coefficient (Wildman–Crippen LogP) is 1.34. The molecule has 0 bridgehead atoms. The van der Waals surface area contributed by atoms with Gasteiger partial charge in [0.2, 0.25) is 10.0 Å². The summed E-state index contributed by atoms with van der Waals surface area (Å²) in [7, 11) is -3.57. The second-order valence-electron chi connectivity index (χ2n) is 4.45. The average Bonchev–Trinajstić information content (AvgIpc) is 2.60. The molecule has 0 aliphatic carbocycles. The molecule has 1 atom stereocenters. The van der Waals surface area contributed by atoms with Crippen molar-refractivity contribution in [3.63, 3.8) is 0 Å². The molecule has 0 aliphatic rings. The van der Waals surface area contributed by atoms with E-state index in [-0.39, 0.29) is 16.8 Å². The molecule has 1 unspecified atom stereocenters. The van der Waals surface area contributed by atoms with Gasteiger partial charge >= 0.3 is 0 Å². The molecule has 7 heteroatoms. The normalized spacial score (nSPS) is 13.7. The predicted molar refractivity (Wildman–Crippen MR) is 71.6 cm³/mol. The van der Waals surface area contributed by atoms with Gasteiger partial charge in [0.15, 0.2) is 5.82 Å². The van der Waals surface area contributed by atoms with Gasteiger partial charge in [-0.25, -0.2) is 13.1 Å². The van der Waals surface area contributed by atoms with Crippen LogP contribution >= 0.6 is 0 Å². The van der Waals surface area contributed by atoms with E-state index in [1.165, 1.54) is 6.20 Å². The Morgan fingerprint density at radius 3 is 2.67 bits per heavy atom. The van der Waals surface area contributed by atoms with E-state index >= 15 is 0 Å². The Hall–Kier alpha value is -1.08. The van der Waals surface area contributed by atoms with Crippen molar-refractivity contribution < 1.29 is 8.42 Å². The van der Waals surface area contributed by atoms with Crippen molar-refractivity contribution in [2.24, 2.45) is 0 Å². The second-order valence-corrected chi connectivity index (χ2v) is 6.14. The lowest BCUT2D eigenvalue weighted by atomic mass is 10.2. The van der Waals surface area contributed by atoms with Crippen LogP contribution < -0.4 is 10.5 Å². The van der Waals surface area contributed by atoms with Crippen LogP contribution in [0.4, 0.5) is 5.82 Å². The molecule has 0 saturated heterocycles. The lowest BCUT2D eigenvalue weighted by Crippen LogP contribution is -2.32. The van der Waals surface area contributed by atoms with Gasteiger partial charge in [-0.15, -0.1) is 0 Å². The molecule has 1 heterocycles. The van der Waals surface area contributed by atoms with E-state index in [1.54, 1.807) is 4.68 Å². The Kier molecular flexibility index (Phi) is 5.15. The fourth-order valence-corrected chi connectivity index (χ4v) is 3.14. The quantitative estimate of drug-likeness (QED) is 0.785. The van der Waals surface area contributed by atoms with E-state index in [2.05, 4.69) is 9.82 Å². The minimum atomic E-state index is -3.57. The number of hydrogen-bond acceptors (Lipinski definition) is 4. The largest absolute Gasteiger partial charge is 0.381 e. The van der Waals surface area contributed by atoms with Gasteiger partial charge in [0.1, 0.15) is 4.90 Å². The van der Waals surface area contributed by atoms with Gasteiger partial charge in [-0.3, -0.25) is 4.68 Å². The summed E-state index contributed by atoms with van der Waals surface area (Å²) in [5, 5.41) is 4.00. The van der Waals surface area contributed by atoms with E-state index < -0.39 is 10.0 Å². The molecule has 0 amide bonds. The van der Waals surface area contributed by atoms with Gasteiger partial charge < -0.3 is 5.73 Å². The second kappa shape index (κ2) is 6.19. The Balaban J connectivity index is 2.90. The lowest BCUT2D eigenvalue weighted by Gasteiger charge is -2.12. The molecule has 0 fully saturated rings. The Bertz CT molecular complexity index is 481. The molecule has 6 nitrogen and oxygen atoms in total. The molecule has 0 spiro atoms. The Labute approximate surface area is 109 Å². The maximum atomic E-state index is 12.1.